The third-order valence-electron chi connectivity index (χ3n) is 4.29. The number of hydrogen-bond donors (Lipinski definition) is 1. The van der Waals surface area contributed by atoms with E-state index in [1.165, 1.54) is 4.90 Å². The summed E-state index contributed by atoms with van der Waals surface area (Å²) in [5, 5.41) is 10.8. The van der Waals surface area contributed by atoms with Gasteiger partial charge >= 0.3 is 6.09 Å². The van der Waals surface area contributed by atoms with Gasteiger partial charge in [0.25, 0.3) is 0 Å². The smallest absolute Gasteiger partial charge is 0.412 e. The summed E-state index contributed by atoms with van der Waals surface area (Å²) >= 11 is 0. The third-order valence-corrected chi connectivity index (χ3v) is 4.29. The number of aliphatic hydroxyl groups excluding tert-OH is 1. The van der Waals surface area contributed by atoms with Crippen molar-refractivity contribution in [2.75, 3.05) is 6.54 Å². The number of carbonyl (C=O) groups is 1. The van der Waals surface area contributed by atoms with Gasteiger partial charge in [-0.1, -0.05) is 18.6 Å². The first-order valence-electron chi connectivity index (χ1n) is 7.67. The molecule has 0 saturated carbocycles. The van der Waals surface area contributed by atoms with Gasteiger partial charge in [0.1, 0.15) is 11.8 Å². The van der Waals surface area contributed by atoms with Gasteiger partial charge in [-0.2, -0.15) is 0 Å². The van der Waals surface area contributed by atoms with Gasteiger partial charge in [0, 0.05) is 12.0 Å². The van der Waals surface area contributed by atoms with Crippen molar-refractivity contribution in [3.63, 3.8) is 0 Å². The van der Waals surface area contributed by atoms with Crippen molar-refractivity contribution < 1.29 is 14.6 Å². The summed E-state index contributed by atoms with van der Waals surface area (Å²) in [6.07, 6.45) is 8.96. The van der Waals surface area contributed by atoms with Gasteiger partial charge in [-0.3, -0.25) is 4.90 Å². The molecule has 1 heterocycles. The fourth-order valence-electron chi connectivity index (χ4n) is 3.22. The Labute approximate surface area is 121 Å². The van der Waals surface area contributed by atoms with Gasteiger partial charge < -0.3 is 9.84 Å². The van der Waals surface area contributed by atoms with E-state index in [9.17, 15) is 9.90 Å². The van der Waals surface area contributed by atoms with Crippen molar-refractivity contribution in [3.05, 3.63) is 12.2 Å². The molecule has 2 aliphatic rings. The normalized spacial score (nSPS) is 31.2. The highest BCUT2D eigenvalue weighted by Crippen LogP contribution is 2.44. The molecule has 1 saturated heterocycles. The minimum atomic E-state index is -0.732. The van der Waals surface area contributed by atoms with E-state index < -0.39 is 11.8 Å². The van der Waals surface area contributed by atoms with E-state index in [0.717, 1.165) is 38.5 Å². The van der Waals surface area contributed by atoms with Crippen LogP contribution in [0.2, 0.25) is 0 Å². The van der Waals surface area contributed by atoms with Crippen LogP contribution in [0.4, 0.5) is 4.79 Å². The molecular formula is C16H27NO3. The van der Waals surface area contributed by atoms with Crippen LogP contribution in [-0.2, 0) is 4.74 Å². The van der Waals surface area contributed by atoms with E-state index >= 15 is 0 Å². The minimum Gasteiger partial charge on any atom is -0.444 e. The maximum atomic E-state index is 12.3. The quantitative estimate of drug-likeness (QED) is 0.692. The van der Waals surface area contributed by atoms with Gasteiger partial charge in [0.05, 0.1) is 0 Å². The first-order valence-corrected chi connectivity index (χ1v) is 7.67. The second kappa shape index (κ2) is 5.76. The second-order valence-corrected chi connectivity index (χ2v) is 7.08. The van der Waals surface area contributed by atoms with E-state index in [1.54, 1.807) is 0 Å². The lowest BCUT2D eigenvalue weighted by molar-refractivity contribution is -0.0925. The molecule has 0 aromatic heterocycles. The summed E-state index contributed by atoms with van der Waals surface area (Å²) in [5.41, 5.74) is -0.703. The molecule has 0 bridgehead atoms. The van der Waals surface area contributed by atoms with Crippen molar-refractivity contribution in [1.29, 1.82) is 0 Å². The fraction of sp³-hybridized carbons (Fsp3) is 0.812. The predicted molar refractivity (Wildman–Crippen MR) is 78.2 cm³/mol. The zero-order chi connectivity index (χ0) is 14.8. The summed E-state index contributed by atoms with van der Waals surface area (Å²) in [4.78, 5) is 13.9. The average molecular weight is 281 g/mol. The lowest BCUT2D eigenvalue weighted by atomic mass is 9.72. The van der Waals surface area contributed by atoms with E-state index in [4.69, 9.17) is 4.74 Å². The third kappa shape index (κ3) is 3.35. The van der Waals surface area contributed by atoms with E-state index in [1.807, 2.05) is 20.8 Å². The van der Waals surface area contributed by atoms with Crippen LogP contribution in [0, 0.1) is 5.41 Å². The van der Waals surface area contributed by atoms with Crippen molar-refractivity contribution in [3.8, 4) is 0 Å². The molecule has 1 aliphatic heterocycles. The summed E-state index contributed by atoms with van der Waals surface area (Å²) in [5.74, 6) is 0. The van der Waals surface area contributed by atoms with Crippen molar-refractivity contribution in [1.82, 2.24) is 4.90 Å². The molecule has 4 nitrogen and oxygen atoms in total. The maximum absolute atomic E-state index is 12.3. The van der Waals surface area contributed by atoms with E-state index in [-0.39, 0.29) is 11.5 Å². The number of aliphatic hydroxyl groups is 1. The molecule has 4 heteroatoms. The first kappa shape index (κ1) is 15.4. The van der Waals surface area contributed by atoms with Crippen molar-refractivity contribution in [2.45, 2.75) is 71.1 Å². The molecule has 2 unspecified atom stereocenters. The van der Waals surface area contributed by atoms with Gasteiger partial charge in [-0.15, -0.1) is 0 Å². The predicted octanol–water partition coefficient (Wildman–Crippen LogP) is 3.45. The fourth-order valence-corrected chi connectivity index (χ4v) is 3.22. The molecule has 0 aromatic carbocycles. The van der Waals surface area contributed by atoms with Crippen LogP contribution in [-0.4, -0.2) is 34.5 Å². The Morgan fingerprint density at radius 3 is 2.65 bits per heavy atom. The number of rotatable bonds is 0. The SMILES string of the molecule is CC(C)(C)OC(=O)N1CCCCC2(CC=CCC2)C1O. The summed E-state index contributed by atoms with van der Waals surface area (Å²) < 4.78 is 5.45. The van der Waals surface area contributed by atoms with Crippen LogP contribution in [0.3, 0.4) is 0 Å². The van der Waals surface area contributed by atoms with Gasteiger partial charge in [0.2, 0.25) is 0 Å². The first-order chi connectivity index (χ1) is 9.34. The zero-order valence-corrected chi connectivity index (χ0v) is 12.9. The molecule has 2 atom stereocenters. The molecule has 1 fully saturated rings. The average Bonchev–Trinajstić information content (AvgIpc) is 2.50. The van der Waals surface area contributed by atoms with E-state index in [2.05, 4.69) is 12.2 Å². The molecule has 0 radical (unpaired) electrons. The lowest BCUT2D eigenvalue weighted by Gasteiger charge is -2.42. The molecule has 2 rings (SSSR count). The number of likely N-dealkylation sites (tertiary alicyclic amines) is 1. The number of nitrogens with zero attached hydrogens (tertiary/aromatic N) is 1. The molecular weight excluding hydrogens is 254 g/mol. The second-order valence-electron chi connectivity index (χ2n) is 7.08. The Bertz CT molecular complexity index is 386. The Kier molecular flexibility index (Phi) is 4.43. The largest absolute Gasteiger partial charge is 0.444 e. The zero-order valence-electron chi connectivity index (χ0n) is 12.9. The number of amides is 1. The van der Waals surface area contributed by atoms with Gasteiger partial charge in [0.15, 0.2) is 0 Å². The Morgan fingerprint density at radius 2 is 2.05 bits per heavy atom. The highest BCUT2D eigenvalue weighted by atomic mass is 16.6. The highest BCUT2D eigenvalue weighted by molar-refractivity contribution is 5.68. The van der Waals surface area contributed by atoms with Crippen molar-refractivity contribution >= 4 is 6.09 Å². The summed E-state index contributed by atoms with van der Waals surface area (Å²) in [7, 11) is 0. The summed E-state index contributed by atoms with van der Waals surface area (Å²) in [6.45, 7) is 6.15. The van der Waals surface area contributed by atoms with Crippen molar-refractivity contribution in [2.24, 2.45) is 5.41 Å². The maximum Gasteiger partial charge on any atom is 0.412 e. The lowest BCUT2D eigenvalue weighted by Crippen LogP contribution is -2.51. The molecule has 1 spiro atoms. The van der Waals surface area contributed by atoms with Crippen LogP contribution in [0.15, 0.2) is 12.2 Å². The molecule has 1 N–H and O–H groups in total. The monoisotopic (exact) mass is 281 g/mol. The van der Waals surface area contributed by atoms with Crippen LogP contribution in [0.25, 0.3) is 0 Å². The Balaban J connectivity index is 2.16. The van der Waals surface area contributed by atoms with Crippen LogP contribution < -0.4 is 0 Å². The van der Waals surface area contributed by atoms with Crippen LogP contribution >= 0.6 is 0 Å². The molecule has 114 valence electrons. The number of carbonyl (C=O) groups excluding carboxylic acids is 1. The topological polar surface area (TPSA) is 49.8 Å². The van der Waals surface area contributed by atoms with Gasteiger partial charge in [-0.05, 0) is 52.9 Å². The van der Waals surface area contributed by atoms with Gasteiger partial charge in [-0.25, -0.2) is 4.79 Å². The van der Waals surface area contributed by atoms with Crippen LogP contribution in [0.1, 0.15) is 59.3 Å². The molecule has 0 aromatic rings. The highest BCUT2D eigenvalue weighted by Gasteiger charge is 2.44. The Morgan fingerprint density at radius 1 is 1.30 bits per heavy atom. The minimum absolute atomic E-state index is 0.178. The molecule has 1 amide bonds. The summed E-state index contributed by atoms with van der Waals surface area (Å²) in [6, 6.07) is 0. The Hall–Kier alpha value is -1.03. The number of allylic oxidation sites excluding steroid dienone is 2. The van der Waals surface area contributed by atoms with Crippen LogP contribution in [0.5, 0.6) is 0 Å². The van der Waals surface area contributed by atoms with E-state index in [0.29, 0.717) is 6.54 Å². The number of hydrogen-bond acceptors (Lipinski definition) is 3. The standard InChI is InChI=1S/C16H27NO3/c1-15(2,3)20-14(19)17-12-8-7-11-16(13(17)18)9-5-4-6-10-16/h4-5,13,18H,6-12H2,1-3H3. The molecule has 1 aliphatic carbocycles. The number of ether oxygens (including phenoxy) is 1. The molecule has 20 heavy (non-hydrogen) atoms.